The van der Waals surface area contributed by atoms with Crippen molar-refractivity contribution < 1.29 is 14.0 Å². The molecule has 0 aromatic rings. The monoisotopic (exact) mass is 259 g/mol. The summed E-state index contributed by atoms with van der Waals surface area (Å²) in [4.78, 5) is 27.1. The van der Waals surface area contributed by atoms with E-state index in [2.05, 4.69) is 5.32 Å². The lowest BCUT2D eigenvalue weighted by Gasteiger charge is -2.33. The van der Waals surface area contributed by atoms with Gasteiger partial charge in [-0.2, -0.15) is 0 Å². The van der Waals surface area contributed by atoms with Crippen LogP contribution in [0.2, 0.25) is 0 Å². The zero-order valence-electron chi connectivity index (χ0n) is 11.1. The molecule has 1 fully saturated rings. The highest BCUT2D eigenvalue weighted by Gasteiger charge is 2.30. The van der Waals surface area contributed by atoms with Crippen LogP contribution in [0.1, 0.15) is 20.3 Å². The summed E-state index contributed by atoms with van der Waals surface area (Å²) in [6, 6.07) is -0.501. The molecule has 1 rings (SSSR count). The van der Waals surface area contributed by atoms with E-state index in [4.69, 9.17) is 0 Å². The highest BCUT2D eigenvalue weighted by atomic mass is 19.1. The van der Waals surface area contributed by atoms with Gasteiger partial charge < -0.3 is 15.1 Å². The van der Waals surface area contributed by atoms with Crippen LogP contribution < -0.4 is 5.32 Å². The van der Waals surface area contributed by atoms with Gasteiger partial charge in [-0.05, 0) is 13.8 Å². The number of alkyl halides is 1. The first-order valence-electron chi connectivity index (χ1n) is 6.49. The average Bonchev–Trinajstić information content (AvgIpc) is 2.36. The fraction of sp³-hybridized carbons (Fsp3) is 0.833. The summed E-state index contributed by atoms with van der Waals surface area (Å²) in [7, 11) is 0. The van der Waals surface area contributed by atoms with E-state index in [0.717, 1.165) is 0 Å². The van der Waals surface area contributed by atoms with Crippen LogP contribution in [0.5, 0.6) is 0 Å². The van der Waals surface area contributed by atoms with Crippen molar-refractivity contribution in [2.24, 2.45) is 0 Å². The van der Waals surface area contributed by atoms with E-state index < -0.39 is 12.7 Å². The van der Waals surface area contributed by atoms with Gasteiger partial charge in [0.25, 0.3) is 0 Å². The summed E-state index contributed by atoms with van der Waals surface area (Å²) in [5, 5.41) is 3.03. The molecule has 18 heavy (non-hydrogen) atoms. The Hall–Kier alpha value is -1.17. The molecule has 0 aromatic heterocycles. The largest absolute Gasteiger partial charge is 0.343 e. The quantitative estimate of drug-likeness (QED) is 0.731. The van der Waals surface area contributed by atoms with Gasteiger partial charge in [0.1, 0.15) is 6.67 Å². The van der Waals surface area contributed by atoms with Gasteiger partial charge in [0.2, 0.25) is 11.8 Å². The van der Waals surface area contributed by atoms with Crippen LogP contribution in [0.3, 0.4) is 0 Å². The lowest BCUT2D eigenvalue weighted by molar-refractivity contribution is -0.141. The van der Waals surface area contributed by atoms with Crippen LogP contribution in [0.25, 0.3) is 0 Å². The van der Waals surface area contributed by atoms with Gasteiger partial charge in [-0.15, -0.1) is 0 Å². The van der Waals surface area contributed by atoms with E-state index >= 15 is 0 Å². The van der Waals surface area contributed by atoms with Crippen molar-refractivity contribution in [3.63, 3.8) is 0 Å². The third-order valence-electron chi connectivity index (χ3n) is 3.23. The highest BCUT2D eigenvalue weighted by molar-refractivity contribution is 5.88. The number of halogens is 1. The average molecular weight is 259 g/mol. The number of hydrogen-bond donors (Lipinski definition) is 1. The molecule has 0 radical (unpaired) electrons. The Bertz CT molecular complexity index is 293. The number of nitrogens with zero attached hydrogens (tertiary/aromatic N) is 2. The van der Waals surface area contributed by atoms with E-state index in [1.54, 1.807) is 4.90 Å². The molecule has 0 aliphatic carbocycles. The number of amides is 2. The number of carbonyl (C=O) groups excluding carboxylic acids is 2. The van der Waals surface area contributed by atoms with Gasteiger partial charge in [-0.25, -0.2) is 4.39 Å². The Morgan fingerprint density at radius 2 is 2.17 bits per heavy atom. The Morgan fingerprint density at radius 1 is 1.50 bits per heavy atom. The fourth-order valence-electron chi connectivity index (χ4n) is 2.16. The van der Waals surface area contributed by atoms with E-state index in [-0.39, 0.29) is 24.8 Å². The van der Waals surface area contributed by atoms with Crippen molar-refractivity contribution in [3.05, 3.63) is 0 Å². The minimum Gasteiger partial charge on any atom is -0.343 e. The number of piperazine rings is 1. The molecular weight excluding hydrogens is 237 g/mol. The maximum atomic E-state index is 12.3. The molecule has 1 aliphatic heterocycles. The molecule has 1 atom stereocenters. The Balaban J connectivity index is 2.55. The molecule has 1 aliphatic rings. The standard InChI is InChI=1S/C12H22FN3O2/c1-3-15(4-2)11(17)9-10-12(18)16(7-5-13)8-6-14-10/h10,14H,3-9H2,1-2H3. The van der Waals surface area contributed by atoms with Crippen molar-refractivity contribution in [1.29, 1.82) is 0 Å². The number of hydrogen-bond acceptors (Lipinski definition) is 3. The lowest BCUT2D eigenvalue weighted by atomic mass is 10.1. The molecule has 0 spiro atoms. The molecule has 5 nitrogen and oxygen atoms in total. The Labute approximate surface area is 107 Å². The van der Waals surface area contributed by atoms with Crippen LogP contribution in [0.4, 0.5) is 4.39 Å². The second kappa shape index (κ2) is 7.31. The predicted octanol–water partition coefficient (Wildman–Crippen LogP) is 0.0148. The fourth-order valence-corrected chi connectivity index (χ4v) is 2.16. The molecule has 1 heterocycles. The van der Waals surface area contributed by atoms with E-state index in [9.17, 15) is 14.0 Å². The van der Waals surface area contributed by atoms with Crippen LogP contribution in [-0.4, -0.2) is 67.1 Å². The van der Waals surface area contributed by atoms with E-state index in [0.29, 0.717) is 26.2 Å². The topological polar surface area (TPSA) is 52.7 Å². The second-order valence-electron chi connectivity index (χ2n) is 4.29. The molecule has 104 valence electrons. The maximum absolute atomic E-state index is 12.3. The van der Waals surface area contributed by atoms with Crippen molar-refractivity contribution in [2.45, 2.75) is 26.3 Å². The number of rotatable bonds is 6. The minimum absolute atomic E-state index is 0.0343. The summed E-state index contributed by atoms with van der Waals surface area (Å²) in [5.41, 5.74) is 0. The van der Waals surface area contributed by atoms with Crippen molar-refractivity contribution in [1.82, 2.24) is 15.1 Å². The number of carbonyl (C=O) groups is 2. The van der Waals surface area contributed by atoms with Gasteiger partial charge in [0.15, 0.2) is 0 Å². The first-order valence-corrected chi connectivity index (χ1v) is 6.49. The van der Waals surface area contributed by atoms with Crippen LogP contribution in [0.15, 0.2) is 0 Å². The van der Waals surface area contributed by atoms with Crippen molar-refractivity contribution in [2.75, 3.05) is 39.4 Å². The van der Waals surface area contributed by atoms with Crippen LogP contribution in [0, 0.1) is 0 Å². The Kier molecular flexibility index (Phi) is 6.04. The van der Waals surface area contributed by atoms with Crippen molar-refractivity contribution >= 4 is 11.8 Å². The Morgan fingerprint density at radius 3 is 2.72 bits per heavy atom. The molecule has 2 amide bonds. The van der Waals surface area contributed by atoms with Crippen molar-refractivity contribution in [3.8, 4) is 0 Å². The molecule has 0 aromatic carbocycles. The smallest absolute Gasteiger partial charge is 0.240 e. The number of nitrogens with one attached hydrogen (secondary N) is 1. The molecular formula is C12H22FN3O2. The summed E-state index contributed by atoms with van der Waals surface area (Å²) >= 11 is 0. The SMILES string of the molecule is CCN(CC)C(=O)CC1NCCN(CCF)C1=O. The maximum Gasteiger partial charge on any atom is 0.240 e. The molecule has 1 saturated heterocycles. The molecule has 0 bridgehead atoms. The van der Waals surface area contributed by atoms with Gasteiger partial charge in [-0.1, -0.05) is 0 Å². The normalized spacial score (nSPS) is 20.1. The molecule has 1 N–H and O–H groups in total. The van der Waals surface area contributed by atoms with Crippen LogP contribution in [-0.2, 0) is 9.59 Å². The first-order chi connectivity index (χ1) is 8.63. The zero-order chi connectivity index (χ0) is 13.5. The zero-order valence-corrected chi connectivity index (χ0v) is 11.1. The lowest BCUT2D eigenvalue weighted by Crippen LogP contribution is -2.56. The van der Waals surface area contributed by atoms with Gasteiger partial charge in [0.05, 0.1) is 12.5 Å². The molecule has 1 unspecified atom stereocenters. The predicted molar refractivity (Wildman–Crippen MR) is 66.9 cm³/mol. The third kappa shape index (κ3) is 3.66. The summed E-state index contributed by atoms with van der Waals surface area (Å²) < 4.78 is 12.3. The van der Waals surface area contributed by atoms with Gasteiger partial charge >= 0.3 is 0 Å². The van der Waals surface area contributed by atoms with Crippen LogP contribution >= 0.6 is 0 Å². The third-order valence-corrected chi connectivity index (χ3v) is 3.23. The molecule has 6 heteroatoms. The summed E-state index contributed by atoms with van der Waals surface area (Å²) in [6.45, 7) is 5.81. The summed E-state index contributed by atoms with van der Waals surface area (Å²) in [5.74, 6) is -0.202. The van der Waals surface area contributed by atoms with E-state index in [1.807, 2.05) is 13.8 Å². The van der Waals surface area contributed by atoms with Gasteiger partial charge in [0, 0.05) is 32.7 Å². The minimum atomic E-state index is -0.539. The molecule has 0 saturated carbocycles. The highest BCUT2D eigenvalue weighted by Crippen LogP contribution is 2.07. The second-order valence-corrected chi connectivity index (χ2v) is 4.29. The first kappa shape index (κ1) is 14.9. The summed E-state index contributed by atoms with van der Waals surface area (Å²) in [6.07, 6.45) is 0.156. The van der Waals surface area contributed by atoms with Gasteiger partial charge in [-0.3, -0.25) is 9.59 Å². The van der Waals surface area contributed by atoms with E-state index in [1.165, 1.54) is 4.90 Å².